The van der Waals surface area contributed by atoms with E-state index in [0.717, 1.165) is 23.3 Å². The van der Waals surface area contributed by atoms with Gasteiger partial charge in [0.1, 0.15) is 26.7 Å². The maximum Gasteiger partial charge on any atom is 0.277 e. The lowest BCUT2D eigenvalue weighted by atomic mass is 10.0. The van der Waals surface area contributed by atoms with Crippen LogP contribution in [0.25, 0.3) is 11.3 Å². The summed E-state index contributed by atoms with van der Waals surface area (Å²) >= 11 is 2.12. The Labute approximate surface area is 258 Å². The summed E-state index contributed by atoms with van der Waals surface area (Å²) in [6.45, 7) is 24.0. The van der Waals surface area contributed by atoms with Crippen LogP contribution in [0.3, 0.4) is 0 Å². The predicted molar refractivity (Wildman–Crippen MR) is 175 cm³/mol. The number of hydrogen-bond acceptors (Lipinski definition) is 6. The highest BCUT2D eigenvalue weighted by atomic mass is 127. The number of aromatic nitrogens is 3. The van der Waals surface area contributed by atoms with Gasteiger partial charge in [-0.1, -0.05) is 59.7 Å². The Bertz CT molecular complexity index is 1450. The van der Waals surface area contributed by atoms with E-state index in [1.807, 2.05) is 6.07 Å². The molecule has 0 atom stereocenters. The number of aryl methyl sites for hydroxylation is 1. The molecule has 2 aromatic carbocycles. The van der Waals surface area contributed by atoms with Gasteiger partial charge in [-0.25, -0.2) is 9.07 Å². The molecule has 1 aromatic heterocycles. The smallest absolute Gasteiger partial charge is 0.277 e. The Balaban J connectivity index is 2.20. The lowest BCUT2D eigenvalue weighted by Crippen LogP contribution is -2.44. The van der Waals surface area contributed by atoms with E-state index in [0.29, 0.717) is 15.1 Å². The molecule has 12 heteroatoms. The molecule has 8 nitrogen and oxygen atoms in total. The zero-order valence-corrected chi connectivity index (χ0v) is 30.1. The Morgan fingerprint density at radius 2 is 1.56 bits per heavy atom. The SMILES string of the molecule is CCc1cc(-c2nnn(Cc3c(F)cccc3[N+](=O)[O-])c2I)c(O[Si](C)(C)C(C)(C)C)cc1O[Si](C)(C)C(C)(C)C. The van der Waals surface area contributed by atoms with E-state index in [-0.39, 0.29) is 27.9 Å². The van der Waals surface area contributed by atoms with Crippen molar-refractivity contribution in [3.63, 3.8) is 0 Å². The number of nitrogens with zero attached hydrogens (tertiary/aromatic N) is 4. The van der Waals surface area contributed by atoms with E-state index in [2.05, 4.69) is 114 Å². The Hall–Kier alpha value is -2.33. The maximum atomic E-state index is 14.7. The minimum Gasteiger partial charge on any atom is -0.543 e. The topological polar surface area (TPSA) is 92.3 Å². The van der Waals surface area contributed by atoms with Crippen LogP contribution in [0.4, 0.5) is 10.1 Å². The lowest BCUT2D eigenvalue weighted by molar-refractivity contribution is -0.385. The van der Waals surface area contributed by atoms with Crippen LogP contribution < -0.4 is 8.85 Å². The first-order chi connectivity index (χ1) is 18.7. The monoisotopic (exact) mass is 712 g/mol. The van der Waals surface area contributed by atoms with Crippen LogP contribution in [0.1, 0.15) is 59.6 Å². The van der Waals surface area contributed by atoms with Gasteiger partial charge in [0.15, 0.2) is 0 Å². The van der Waals surface area contributed by atoms with Gasteiger partial charge in [-0.05, 0) is 83.0 Å². The van der Waals surface area contributed by atoms with Crippen molar-refractivity contribution in [1.29, 1.82) is 0 Å². The third-order valence-electron chi connectivity index (χ3n) is 8.41. The van der Waals surface area contributed by atoms with Crippen molar-refractivity contribution in [3.8, 4) is 22.8 Å². The van der Waals surface area contributed by atoms with Gasteiger partial charge in [0, 0.05) is 17.7 Å². The summed E-state index contributed by atoms with van der Waals surface area (Å²) in [5, 5.41) is 20.3. The summed E-state index contributed by atoms with van der Waals surface area (Å²) in [6, 6.07) is 7.91. The Morgan fingerprint density at radius 1 is 1.00 bits per heavy atom. The highest BCUT2D eigenvalue weighted by Crippen LogP contribution is 2.45. The summed E-state index contributed by atoms with van der Waals surface area (Å²) in [7, 11) is -4.43. The lowest BCUT2D eigenvalue weighted by Gasteiger charge is -2.39. The number of hydrogen-bond donors (Lipinski definition) is 0. The minimum atomic E-state index is -2.28. The van der Waals surface area contributed by atoms with Gasteiger partial charge >= 0.3 is 0 Å². The first-order valence-electron chi connectivity index (χ1n) is 13.8. The van der Waals surface area contributed by atoms with E-state index in [1.165, 1.54) is 22.9 Å². The fourth-order valence-electron chi connectivity index (χ4n) is 3.69. The molecule has 0 unspecified atom stereocenters. The minimum absolute atomic E-state index is 0.0184. The number of nitro groups is 1. The molecule has 0 saturated carbocycles. The molecule has 0 bridgehead atoms. The molecule has 3 rings (SSSR count). The molecule has 0 aliphatic carbocycles. The van der Waals surface area contributed by atoms with Crippen molar-refractivity contribution in [1.82, 2.24) is 15.0 Å². The zero-order chi connectivity index (χ0) is 31.1. The number of rotatable bonds is 9. The molecule has 0 spiro atoms. The second-order valence-electron chi connectivity index (χ2n) is 13.4. The molecule has 1 heterocycles. The van der Waals surface area contributed by atoms with Crippen molar-refractivity contribution in [2.75, 3.05) is 0 Å². The highest BCUT2D eigenvalue weighted by molar-refractivity contribution is 14.1. The van der Waals surface area contributed by atoms with E-state index < -0.39 is 27.4 Å². The molecule has 0 N–H and O–H groups in total. The Morgan fingerprint density at radius 3 is 2.07 bits per heavy atom. The van der Waals surface area contributed by atoms with E-state index in [1.54, 1.807) is 0 Å². The molecule has 0 saturated heterocycles. The summed E-state index contributed by atoms with van der Waals surface area (Å²) in [4.78, 5) is 11.0. The third-order valence-corrected chi connectivity index (χ3v) is 18.2. The quantitative estimate of drug-likeness (QED) is 0.0952. The fraction of sp³-hybridized carbons (Fsp3) is 0.517. The van der Waals surface area contributed by atoms with Crippen molar-refractivity contribution in [2.24, 2.45) is 0 Å². The van der Waals surface area contributed by atoms with Crippen molar-refractivity contribution in [2.45, 2.75) is 97.7 Å². The van der Waals surface area contributed by atoms with Crippen molar-refractivity contribution < 1.29 is 18.2 Å². The van der Waals surface area contributed by atoms with E-state index in [4.69, 9.17) is 8.85 Å². The van der Waals surface area contributed by atoms with Crippen molar-refractivity contribution in [3.05, 3.63) is 61.1 Å². The summed E-state index contributed by atoms with van der Waals surface area (Å²) < 4.78 is 30.5. The standard InChI is InChI=1S/C29H42FIN4O4Si2/c1-12-19-16-20(26-27(31)34(33-32-26)18-21-22(30)14-13-15-23(21)35(36)37)25(39-41(10,11)29(5,6)7)17-24(19)38-40(8,9)28(2,3)4/h13-17H,12,18H2,1-11H3. The van der Waals surface area contributed by atoms with Crippen LogP contribution in [-0.4, -0.2) is 36.6 Å². The molecule has 0 amide bonds. The second-order valence-corrected chi connectivity index (χ2v) is 23.9. The third kappa shape index (κ3) is 7.01. The molecule has 41 heavy (non-hydrogen) atoms. The van der Waals surface area contributed by atoms with E-state index in [9.17, 15) is 14.5 Å². The van der Waals surface area contributed by atoms with Gasteiger partial charge in [-0.3, -0.25) is 10.1 Å². The van der Waals surface area contributed by atoms with Crippen LogP contribution in [0.5, 0.6) is 11.5 Å². The number of benzene rings is 2. The molecule has 0 aliphatic heterocycles. The van der Waals surface area contributed by atoms with Crippen LogP contribution in [0, 0.1) is 19.6 Å². The van der Waals surface area contributed by atoms with E-state index >= 15 is 0 Å². The number of nitro benzene ring substituents is 1. The predicted octanol–water partition coefficient (Wildman–Crippen LogP) is 8.98. The average Bonchev–Trinajstić information content (AvgIpc) is 3.18. The van der Waals surface area contributed by atoms with Crippen LogP contribution in [0.2, 0.25) is 36.3 Å². The summed E-state index contributed by atoms with van der Waals surface area (Å²) in [6.07, 6.45) is 0.740. The first kappa shape index (κ1) is 33.2. The molecule has 0 aliphatic rings. The van der Waals surface area contributed by atoms with Gasteiger partial charge in [0.05, 0.1) is 17.0 Å². The maximum absolute atomic E-state index is 14.7. The normalized spacial score (nSPS) is 12.9. The van der Waals surface area contributed by atoms with Crippen LogP contribution in [-0.2, 0) is 13.0 Å². The summed E-state index contributed by atoms with van der Waals surface area (Å²) in [5.41, 5.74) is 2.04. The highest BCUT2D eigenvalue weighted by Gasteiger charge is 2.41. The molecular formula is C29H42FIN4O4Si2. The molecule has 0 radical (unpaired) electrons. The molecular weight excluding hydrogens is 670 g/mol. The van der Waals surface area contributed by atoms with Crippen LogP contribution >= 0.6 is 22.6 Å². The zero-order valence-electron chi connectivity index (χ0n) is 26.0. The molecule has 224 valence electrons. The number of halogens is 2. The summed E-state index contributed by atoms with van der Waals surface area (Å²) in [5.74, 6) is 0.833. The first-order valence-corrected chi connectivity index (χ1v) is 20.7. The fourth-order valence-corrected chi connectivity index (χ4v) is 6.43. The molecule has 0 fully saturated rings. The largest absolute Gasteiger partial charge is 0.543 e. The van der Waals surface area contributed by atoms with Gasteiger partial charge in [-0.2, -0.15) is 0 Å². The second kappa shape index (κ2) is 11.7. The Kier molecular flexibility index (Phi) is 9.51. The van der Waals surface area contributed by atoms with Crippen molar-refractivity contribution >= 4 is 44.9 Å². The average molecular weight is 713 g/mol. The van der Waals surface area contributed by atoms with Gasteiger partial charge in [-0.15, -0.1) is 5.10 Å². The van der Waals surface area contributed by atoms with Gasteiger partial charge < -0.3 is 8.85 Å². The molecule has 3 aromatic rings. The van der Waals surface area contributed by atoms with Crippen LogP contribution in [0.15, 0.2) is 30.3 Å². The van der Waals surface area contributed by atoms with Gasteiger partial charge in [0.2, 0.25) is 8.32 Å². The van der Waals surface area contributed by atoms with Gasteiger partial charge in [0.25, 0.3) is 14.0 Å².